The smallest absolute Gasteiger partial charge is 0.266 e. The Labute approximate surface area is 169 Å². The highest BCUT2D eigenvalue weighted by atomic mass is 35.5. The zero-order valence-corrected chi connectivity index (χ0v) is 16.5. The molecule has 5 nitrogen and oxygen atoms in total. The molecule has 0 aromatic heterocycles. The molecule has 28 heavy (non-hydrogen) atoms. The van der Waals surface area contributed by atoms with Gasteiger partial charge in [-0.2, -0.15) is 5.26 Å². The Kier molecular flexibility index (Phi) is 7.25. The summed E-state index contributed by atoms with van der Waals surface area (Å²) in [5.74, 6) is -0.220. The van der Waals surface area contributed by atoms with E-state index in [1.807, 2.05) is 13.0 Å². The van der Waals surface area contributed by atoms with Crippen LogP contribution >= 0.6 is 11.6 Å². The molecular weight excluding hydrogens is 376 g/mol. The van der Waals surface area contributed by atoms with Gasteiger partial charge in [0.2, 0.25) is 0 Å². The summed E-state index contributed by atoms with van der Waals surface area (Å²) < 4.78 is 5.45. The second-order valence-electron chi connectivity index (χ2n) is 6.04. The third-order valence-corrected chi connectivity index (χ3v) is 4.19. The number of carbonyl (C=O) groups excluding carboxylic acids is 1. The number of hydrogen-bond donors (Lipinski definition) is 2. The third-order valence-electron chi connectivity index (χ3n) is 3.95. The van der Waals surface area contributed by atoms with Gasteiger partial charge in [-0.1, -0.05) is 17.7 Å². The maximum absolute atomic E-state index is 12.5. The predicted molar refractivity (Wildman–Crippen MR) is 112 cm³/mol. The molecule has 2 N–H and O–H groups in total. The van der Waals surface area contributed by atoms with Crippen LogP contribution in [0.25, 0.3) is 6.08 Å². The fourth-order valence-electron chi connectivity index (χ4n) is 2.62. The summed E-state index contributed by atoms with van der Waals surface area (Å²) in [6, 6.07) is 10.3. The maximum atomic E-state index is 12.5. The average molecular weight is 397 g/mol. The first-order valence-electron chi connectivity index (χ1n) is 8.68. The van der Waals surface area contributed by atoms with Gasteiger partial charge in [0.25, 0.3) is 5.91 Å². The highest BCUT2D eigenvalue weighted by Crippen LogP contribution is 2.33. The normalized spacial score (nSPS) is 10.9. The summed E-state index contributed by atoms with van der Waals surface area (Å²) in [6.45, 7) is 7.66. The molecule has 0 fully saturated rings. The minimum atomic E-state index is -0.538. The van der Waals surface area contributed by atoms with E-state index in [1.165, 1.54) is 6.08 Å². The molecule has 6 heteroatoms. The lowest BCUT2D eigenvalue weighted by Gasteiger charge is -2.12. The van der Waals surface area contributed by atoms with Gasteiger partial charge in [-0.15, -0.1) is 6.58 Å². The van der Waals surface area contributed by atoms with Crippen molar-refractivity contribution in [3.8, 4) is 17.6 Å². The fourth-order valence-corrected chi connectivity index (χ4v) is 2.85. The number of nitrogens with one attached hydrogen (secondary N) is 1. The number of benzene rings is 2. The van der Waals surface area contributed by atoms with Crippen LogP contribution in [0, 0.1) is 18.3 Å². The number of ether oxygens (including phenoxy) is 1. The lowest BCUT2D eigenvalue weighted by molar-refractivity contribution is -0.112. The maximum Gasteiger partial charge on any atom is 0.266 e. The van der Waals surface area contributed by atoms with Crippen molar-refractivity contribution in [2.24, 2.45) is 0 Å². The number of carbonyl (C=O) groups is 1. The number of hydrogen-bond acceptors (Lipinski definition) is 4. The Hall–Kier alpha value is -3.23. The Bertz CT molecular complexity index is 974. The Morgan fingerprint density at radius 1 is 1.39 bits per heavy atom. The van der Waals surface area contributed by atoms with Crippen LogP contribution in [-0.4, -0.2) is 17.6 Å². The van der Waals surface area contributed by atoms with E-state index in [0.29, 0.717) is 40.6 Å². The molecule has 0 aliphatic rings. The highest BCUT2D eigenvalue weighted by molar-refractivity contribution is 6.30. The Morgan fingerprint density at radius 3 is 2.75 bits per heavy atom. The standard InChI is InChI=1S/C22H21ClN2O3/c1-4-6-16-10-15(12-20(21(16)26)28-5-2)11-17(13-24)22(27)25-19-8-7-18(23)9-14(19)3/h4,7-12,26H,1,5-6H2,2-3H3,(H,25,27)/b17-11+. The molecule has 0 heterocycles. The molecule has 0 unspecified atom stereocenters. The number of nitriles is 1. The average Bonchev–Trinajstić information content (AvgIpc) is 2.65. The monoisotopic (exact) mass is 396 g/mol. The molecule has 0 aliphatic heterocycles. The van der Waals surface area contributed by atoms with Crippen LogP contribution < -0.4 is 10.1 Å². The summed E-state index contributed by atoms with van der Waals surface area (Å²) in [5, 5.41) is 23.0. The second kappa shape index (κ2) is 9.63. The van der Waals surface area contributed by atoms with Gasteiger partial charge < -0.3 is 15.2 Å². The van der Waals surface area contributed by atoms with E-state index in [0.717, 1.165) is 5.56 Å². The number of phenolic OH excluding ortho intramolecular Hbond substituents is 1. The van der Waals surface area contributed by atoms with Crippen molar-refractivity contribution in [3.05, 3.63) is 70.3 Å². The van der Waals surface area contributed by atoms with E-state index in [9.17, 15) is 15.2 Å². The van der Waals surface area contributed by atoms with Gasteiger partial charge in [-0.25, -0.2) is 0 Å². The van der Waals surface area contributed by atoms with Crippen LogP contribution in [0.2, 0.25) is 5.02 Å². The van der Waals surface area contributed by atoms with Crippen LogP contribution in [0.1, 0.15) is 23.6 Å². The highest BCUT2D eigenvalue weighted by Gasteiger charge is 2.14. The second-order valence-corrected chi connectivity index (χ2v) is 6.47. The van der Waals surface area contributed by atoms with Crippen molar-refractivity contribution in [1.29, 1.82) is 5.26 Å². The van der Waals surface area contributed by atoms with Crippen molar-refractivity contribution in [2.45, 2.75) is 20.3 Å². The molecule has 144 valence electrons. The Balaban J connectivity index is 2.38. The third kappa shape index (κ3) is 5.15. The van der Waals surface area contributed by atoms with Gasteiger partial charge in [-0.05, 0) is 67.8 Å². The first-order valence-corrected chi connectivity index (χ1v) is 9.06. The zero-order chi connectivity index (χ0) is 20.7. The summed E-state index contributed by atoms with van der Waals surface area (Å²) in [5.41, 5.74) is 2.45. The van der Waals surface area contributed by atoms with Gasteiger partial charge in [0.05, 0.1) is 6.61 Å². The van der Waals surface area contributed by atoms with E-state index in [4.69, 9.17) is 16.3 Å². The number of nitrogens with zero attached hydrogens (tertiary/aromatic N) is 1. The van der Waals surface area contributed by atoms with Crippen molar-refractivity contribution < 1.29 is 14.6 Å². The summed E-state index contributed by atoms with van der Waals surface area (Å²) >= 11 is 5.93. The molecular formula is C22H21ClN2O3. The van der Waals surface area contributed by atoms with Gasteiger partial charge in [0, 0.05) is 16.3 Å². The van der Waals surface area contributed by atoms with E-state index in [2.05, 4.69) is 11.9 Å². The van der Waals surface area contributed by atoms with Crippen molar-refractivity contribution in [1.82, 2.24) is 0 Å². The fraction of sp³-hybridized carbons (Fsp3) is 0.182. The summed E-state index contributed by atoms with van der Waals surface area (Å²) in [4.78, 5) is 12.5. The van der Waals surface area contributed by atoms with Gasteiger partial charge in [0.15, 0.2) is 11.5 Å². The quantitative estimate of drug-likeness (QED) is 0.390. The summed E-state index contributed by atoms with van der Waals surface area (Å²) in [6.07, 6.45) is 3.53. The van der Waals surface area contributed by atoms with Gasteiger partial charge in [-0.3, -0.25) is 4.79 Å². The lowest BCUT2D eigenvalue weighted by Crippen LogP contribution is -2.14. The molecule has 0 saturated carbocycles. The number of allylic oxidation sites excluding steroid dienone is 1. The first kappa shape index (κ1) is 21.1. The number of phenols is 1. The van der Waals surface area contributed by atoms with E-state index < -0.39 is 5.91 Å². The topological polar surface area (TPSA) is 82.4 Å². The number of anilines is 1. The minimum absolute atomic E-state index is 0.0265. The molecule has 0 radical (unpaired) electrons. The zero-order valence-electron chi connectivity index (χ0n) is 15.8. The molecule has 0 aliphatic carbocycles. The van der Waals surface area contributed by atoms with Crippen LogP contribution in [-0.2, 0) is 11.2 Å². The van der Waals surface area contributed by atoms with Crippen molar-refractivity contribution in [3.63, 3.8) is 0 Å². The van der Waals surface area contributed by atoms with Gasteiger partial charge in [0.1, 0.15) is 11.6 Å². The van der Waals surface area contributed by atoms with Crippen LogP contribution in [0.4, 0.5) is 5.69 Å². The first-order chi connectivity index (χ1) is 13.4. The SMILES string of the molecule is C=CCc1cc(/C=C(\C#N)C(=O)Nc2ccc(Cl)cc2C)cc(OCC)c1O. The number of aromatic hydroxyl groups is 1. The number of amides is 1. The predicted octanol–water partition coefficient (Wildman–Crippen LogP) is 5.03. The number of rotatable bonds is 7. The molecule has 2 aromatic carbocycles. The van der Waals surface area contributed by atoms with E-state index in [-0.39, 0.29) is 11.3 Å². The molecule has 2 rings (SSSR count). The lowest BCUT2D eigenvalue weighted by atomic mass is 10.0. The molecule has 0 saturated heterocycles. The van der Waals surface area contributed by atoms with Crippen LogP contribution in [0.5, 0.6) is 11.5 Å². The van der Waals surface area contributed by atoms with Crippen molar-refractivity contribution >= 4 is 29.3 Å². The largest absolute Gasteiger partial charge is 0.504 e. The number of halogens is 1. The molecule has 2 aromatic rings. The molecule has 0 atom stereocenters. The Morgan fingerprint density at radius 2 is 2.14 bits per heavy atom. The van der Waals surface area contributed by atoms with E-state index >= 15 is 0 Å². The van der Waals surface area contributed by atoms with Crippen LogP contribution in [0.15, 0.2) is 48.6 Å². The van der Waals surface area contributed by atoms with Crippen molar-refractivity contribution in [2.75, 3.05) is 11.9 Å². The summed E-state index contributed by atoms with van der Waals surface area (Å²) in [7, 11) is 0. The van der Waals surface area contributed by atoms with Gasteiger partial charge >= 0.3 is 0 Å². The molecule has 0 spiro atoms. The molecule has 1 amide bonds. The molecule has 0 bridgehead atoms. The number of aryl methyl sites for hydroxylation is 1. The van der Waals surface area contributed by atoms with E-state index in [1.54, 1.807) is 43.3 Å². The van der Waals surface area contributed by atoms with Crippen LogP contribution in [0.3, 0.4) is 0 Å². The minimum Gasteiger partial charge on any atom is -0.504 e.